The van der Waals surface area contributed by atoms with Crippen LogP contribution in [0.1, 0.15) is 66.9 Å². The first-order chi connectivity index (χ1) is 16.2. The molecule has 0 aliphatic heterocycles. The topological polar surface area (TPSA) is 132 Å². The summed E-state index contributed by atoms with van der Waals surface area (Å²) in [4.78, 5) is 49.1. The molecule has 35 heavy (non-hydrogen) atoms. The van der Waals surface area contributed by atoms with Gasteiger partial charge >= 0.3 is 18.2 Å². The van der Waals surface area contributed by atoms with Crippen LogP contribution in [0.4, 0.5) is 9.59 Å². The molecule has 0 radical (unpaired) electrons. The molecular formula is C25H39N3O7. The van der Waals surface area contributed by atoms with Crippen molar-refractivity contribution in [1.82, 2.24) is 16.0 Å². The Bertz CT molecular complexity index is 845. The summed E-state index contributed by atoms with van der Waals surface area (Å²) >= 11 is 0. The number of benzene rings is 1. The SMILES string of the molecule is C[C@H](NC(=O)OC(C)(C)C)C(=O)N[C@@H](CCCNC(=O)OCc1ccccc1)C(=O)OC(C)(C)C. The second-order valence-corrected chi connectivity index (χ2v) is 10.1. The van der Waals surface area contributed by atoms with Crippen LogP contribution in [0.3, 0.4) is 0 Å². The Kier molecular flexibility index (Phi) is 11.5. The van der Waals surface area contributed by atoms with Gasteiger partial charge in [-0.05, 0) is 66.9 Å². The molecule has 10 nitrogen and oxygen atoms in total. The third-order valence-electron chi connectivity index (χ3n) is 4.29. The van der Waals surface area contributed by atoms with Crippen LogP contribution in [0.15, 0.2) is 30.3 Å². The van der Waals surface area contributed by atoms with Gasteiger partial charge in [-0.25, -0.2) is 14.4 Å². The zero-order valence-electron chi connectivity index (χ0n) is 21.7. The molecule has 0 saturated carbocycles. The van der Waals surface area contributed by atoms with E-state index in [-0.39, 0.29) is 19.6 Å². The molecule has 1 aromatic rings. The van der Waals surface area contributed by atoms with Crippen molar-refractivity contribution in [3.8, 4) is 0 Å². The number of hydrogen-bond donors (Lipinski definition) is 3. The fraction of sp³-hybridized carbons (Fsp3) is 0.600. The van der Waals surface area contributed by atoms with Gasteiger partial charge in [0.05, 0.1) is 0 Å². The predicted molar refractivity (Wildman–Crippen MR) is 130 cm³/mol. The van der Waals surface area contributed by atoms with E-state index in [1.54, 1.807) is 41.5 Å². The summed E-state index contributed by atoms with van der Waals surface area (Å²) in [6, 6.07) is 7.36. The van der Waals surface area contributed by atoms with Gasteiger partial charge < -0.3 is 30.2 Å². The van der Waals surface area contributed by atoms with Crippen molar-refractivity contribution in [2.24, 2.45) is 0 Å². The molecule has 0 fully saturated rings. The van der Waals surface area contributed by atoms with E-state index in [1.807, 2.05) is 30.3 Å². The van der Waals surface area contributed by atoms with Crippen LogP contribution in [0.5, 0.6) is 0 Å². The maximum absolute atomic E-state index is 12.7. The molecule has 2 atom stereocenters. The number of rotatable bonds is 10. The highest BCUT2D eigenvalue weighted by Gasteiger charge is 2.29. The van der Waals surface area contributed by atoms with Crippen molar-refractivity contribution in [2.45, 2.75) is 91.2 Å². The van der Waals surface area contributed by atoms with Crippen LogP contribution in [-0.2, 0) is 30.4 Å². The number of carbonyl (C=O) groups is 4. The van der Waals surface area contributed by atoms with Crippen molar-refractivity contribution in [2.75, 3.05) is 6.54 Å². The van der Waals surface area contributed by atoms with E-state index in [1.165, 1.54) is 6.92 Å². The third kappa shape index (κ3) is 13.9. The van der Waals surface area contributed by atoms with Gasteiger partial charge in [-0.1, -0.05) is 30.3 Å². The molecule has 0 aliphatic rings. The van der Waals surface area contributed by atoms with Crippen molar-refractivity contribution in [3.63, 3.8) is 0 Å². The minimum absolute atomic E-state index is 0.145. The Morgan fingerprint density at radius 3 is 2.03 bits per heavy atom. The minimum atomic E-state index is -0.966. The second kappa shape index (κ2) is 13.6. The average molecular weight is 494 g/mol. The quantitative estimate of drug-likeness (QED) is 0.258. The molecule has 0 heterocycles. The highest BCUT2D eigenvalue weighted by atomic mass is 16.6. The molecule has 0 spiro atoms. The molecule has 0 bridgehead atoms. The lowest BCUT2D eigenvalue weighted by atomic mass is 10.1. The van der Waals surface area contributed by atoms with E-state index in [4.69, 9.17) is 14.2 Å². The molecule has 0 aliphatic carbocycles. The Morgan fingerprint density at radius 1 is 0.857 bits per heavy atom. The van der Waals surface area contributed by atoms with Crippen molar-refractivity contribution >= 4 is 24.1 Å². The Morgan fingerprint density at radius 2 is 1.46 bits per heavy atom. The van der Waals surface area contributed by atoms with Crippen LogP contribution >= 0.6 is 0 Å². The number of hydrogen-bond acceptors (Lipinski definition) is 7. The van der Waals surface area contributed by atoms with Crippen LogP contribution < -0.4 is 16.0 Å². The zero-order valence-corrected chi connectivity index (χ0v) is 21.7. The lowest BCUT2D eigenvalue weighted by molar-refractivity contribution is -0.159. The maximum Gasteiger partial charge on any atom is 0.408 e. The van der Waals surface area contributed by atoms with Crippen molar-refractivity contribution in [3.05, 3.63) is 35.9 Å². The smallest absolute Gasteiger partial charge is 0.408 e. The molecule has 3 N–H and O–H groups in total. The predicted octanol–water partition coefficient (Wildman–Crippen LogP) is 3.43. The van der Waals surface area contributed by atoms with Gasteiger partial charge in [0.2, 0.25) is 5.91 Å². The lowest BCUT2D eigenvalue weighted by Crippen LogP contribution is -2.52. The molecule has 3 amide bonds. The van der Waals surface area contributed by atoms with Gasteiger partial charge in [0.15, 0.2) is 0 Å². The summed E-state index contributed by atoms with van der Waals surface area (Å²) < 4.78 is 15.7. The molecule has 0 aromatic heterocycles. The number of nitrogens with one attached hydrogen (secondary N) is 3. The standard InChI is InChI=1S/C25H39N3O7/c1-17(27-23(32)35-25(5,6)7)20(29)28-19(21(30)34-24(2,3)4)14-11-15-26-22(31)33-16-18-12-9-8-10-13-18/h8-10,12-13,17,19H,11,14-16H2,1-7H3,(H,26,31)(H,27,32)(H,28,29)/t17-,19-/m0/s1. The minimum Gasteiger partial charge on any atom is -0.458 e. The Labute approximate surface area is 207 Å². The highest BCUT2D eigenvalue weighted by Crippen LogP contribution is 2.11. The fourth-order valence-corrected chi connectivity index (χ4v) is 2.74. The molecule has 0 unspecified atom stereocenters. The second-order valence-electron chi connectivity index (χ2n) is 10.1. The number of alkyl carbamates (subject to hydrolysis) is 2. The van der Waals surface area contributed by atoms with Crippen LogP contribution in [-0.4, -0.2) is 53.9 Å². The van der Waals surface area contributed by atoms with E-state index in [9.17, 15) is 19.2 Å². The van der Waals surface area contributed by atoms with Gasteiger partial charge in [0.25, 0.3) is 0 Å². The number of ether oxygens (including phenoxy) is 3. The number of amides is 3. The third-order valence-corrected chi connectivity index (χ3v) is 4.29. The van der Waals surface area contributed by atoms with Gasteiger partial charge in [0, 0.05) is 6.54 Å². The summed E-state index contributed by atoms with van der Waals surface area (Å²) in [5, 5.41) is 7.67. The first kappa shape index (κ1) is 29.7. The fourth-order valence-electron chi connectivity index (χ4n) is 2.74. The Balaban J connectivity index is 2.58. The normalized spacial score (nSPS) is 13.1. The zero-order chi connectivity index (χ0) is 26.6. The van der Waals surface area contributed by atoms with E-state index in [0.717, 1.165) is 5.56 Å². The first-order valence-corrected chi connectivity index (χ1v) is 11.6. The summed E-state index contributed by atoms with van der Waals surface area (Å²) in [5.41, 5.74) is -0.599. The molecular weight excluding hydrogens is 454 g/mol. The summed E-state index contributed by atoms with van der Waals surface area (Å²) in [6.45, 7) is 12.2. The number of esters is 1. The molecule has 1 rings (SSSR count). The van der Waals surface area contributed by atoms with Crippen LogP contribution in [0.25, 0.3) is 0 Å². The van der Waals surface area contributed by atoms with E-state index in [0.29, 0.717) is 6.42 Å². The monoisotopic (exact) mass is 493 g/mol. The van der Waals surface area contributed by atoms with E-state index < -0.39 is 47.3 Å². The maximum atomic E-state index is 12.7. The van der Waals surface area contributed by atoms with Gasteiger partial charge in [0.1, 0.15) is 29.9 Å². The largest absolute Gasteiger partial charge is 0.458 e. The molecule has 196 valence electrons. The van der Waals surface area contributed by atoms with Gasteiger partial charge in [-0.15, -0.1) is 0 Å². The van der Waals surface area contributed by atoms with Gasteiger partial charge in [-0.3, -0.25) is 4.79 Å². The van der Waals surface area contributed by atoms with Crippen LogP contribution in [0.2, 0.25) is 0 Å². The van der Waals surface area contributed by atoms with Crippen LogP contribution in [0, 0.1) is 0 Å². The van der Waals surface area contributed by atoms with Crippen molar-refractivity contribution < 1.29 is 33.4 Å². The summed E-state index contributed by atoms with van der Waals surface area (Å²) in [7, 11) is 0. The summed E-state index contributed by atoms with van der Waals surface area (Å²) in [6.07, 6.45) is -0.744. The average Bonchev–Trinajstić information content (AvgIpc) is 2.72. The molecule has 10 heteroatoms. The lowest BCUT2D eigenvalue weighted by Gasteiger charge is -2.26. The Hall–Kier alpha value is -3.30. The number of carbonyl (C=O) groups excluding carboxylic acids is 4. The van der Waals surface area contributed by atoms with Crippen molar-refractivity contribution in [1.29, 1.82) is 0 Å². The highest BCUT2D eigenvalue weighted by molar-refractivity contribution is 5.89. The molecule has 0 saturated heterocycles. The molecule has 1 aromatic carbocycles. The summed E-state index contributed by atoms with van der Waals surface area (Å²) in [5.74, 6) is -1.18. The van der Waals surface area contributed by atoms with Gasteiger partial charge in [-0.2, -0.15) is 0 Å². The van der Waals surface area contributed by atoms with E-state index >= 15 is 0 Å². The van der Waals surface area contributed by atoms with E-state index in [2.05, 4.69) is 16.0 Å². The first-order valence-electron chi connectivity index (χ1n) is 11.6.